The highest BCUT2D eigenvalue weighted by Crippen LogP contribution is 2.49. The summed E-state index contributed by atoms with van der Waals surface area (Å²) >= 11 is 0. The van der Waals surface area contributed by atoms with Crippen LogP contribution in [0.3, 0.4) is 0 Å². The van der Waals surface area contributed by atoms with Gasteiger partial charge in [0.1, 0.15) is 12.2 Å². The number of fused-ring (bicyclic) bond motifs is 4. The van der Waals surface area contributed by atoms with Crippen LogP contribution >= 0.6 is 0 Å². The summed E-state index contributed by atoms with van der Waals surface area (Å²) in [4.78, 5) is 22.5. The molecule has 0 aromatic heterocycles. The van der Waals surface area contributed by atoms with Gasteiger partial charge in [-0.05, 0) is 69.1 Å². The largest absolute Gasteiger partial charge is 0.511 e. The van der Waals surface area contributed by atoms with E-state index in [4.69, 9.17) is 9.47 Å². The zero-order valence-corrected chi connectivity index (χ0v) is 20.2. The lowest BCUT2D eigenvalue weighted by Gasteiger charge is -2.29. The molecular weight excluding hydrogens is 475 g/mol. The second-order valence-corrected chi connectivity index (χ2v) is 11.7. The van der Waals surface area contributed by atoms with Gasteiger partial charge < -0.3 is 9.47 Å². The van der Waals surface area contributed by atoms with Crippen molar-refractivity contribution in [1.29, 1.82) is 0 Å². The molecule has 0 aromatic carbocycles. The molecule has 4 bridgehead atoms. The Hall–Kier alpha value is -1.88. The van der Waals surface area contributed by atoms with Crippen molar-refractivity contribution in [1.82, 2.24) is 4.72 Å². The number of hydrogen-bond donors (Lipinski definition) is 1. The standard InChI is InChI=1S/C12H16F3NO4S.C11H16O2/c1-6(2)11(17)20-10-5-7-3-8(10)9(4-7)16-21(18,19)12(13,14)15;1-3-11(12)13-10-6-8-4-7(2)9(10)5-8/h7-10,16H,1,3-5H2,2H3;3,7-10H,1,4-6H2,2H3. The number of rotatable bonds is 6. The molecular formula is C23H32F3NO6S. The zero-order chi connectivity index (χ0) is 25.4. The minimum Gasteiger partial charge on any atom is -0.459 e. The second-order valence-electron chi connectivity index (χ2n) is 10.0. The zero-order valence-electron chi connectivity index (χ0n) is 19.3. The maximum Gasteiger partial charge on any atom is 0.511 e. The molecule has 4 rings (SSSR count). The van der Waals surface area contributed by atoms with Gasteiger partial charge in [0.05, 0.1) is 0 Å². The Balaban J connectivity index is 0.000000212. The molecule has 0 heterocycles. The van der Waals surface area contributed by atoms with Crippen molar-refractivity contribution in [3.63, 3.8) is 0 Å². The highest BCUT2D eigenvalue weighted by atomic mass is 32.2. The van der Waals surface area contributed by atoms with Crippen LogP contribution < -0.4 is 4.72 Å². The van der Waals surface area contributed by atoms with E-state index in [1.807, 2.05) is 0 Å². The first-order valence-electron chi connectivity index (χ1n) is 11.5. The normalized spacial score (nSPS) is 35.9. The smallest absolute Gasteiger partial charge is 0.459 e. The molecule has 4 fully saturated rings. The van der Waals surface area contributed by atoms with Gasteiger partial charge in [-0.25, -0.2) is 22.7 Å². The number of sulfonamides is 1. The van der Waals surface area contributed by atoms with Crippen molar-refractivity contribution < 1.29 is 40.7 Å². The molecule has 8 atom stereocenters. The summed E-state index contributed by atoms with van der Waals surface area (Å²) in [7, 11) is -5.38. The molecule has 4 aliphatic rings. The Morgan fingerprint density at radius 3 is 2.00 bits per heavy atom. The molecule has 0 aromatic rings. The number of ether oxygens (including phenoxy) is 2. The van der Waals surface area contributed by atoms with Gasteiger partial charge in [-0.1, -0.05) is 20.1 Å². The number of carbonyl (C=O) groups excluding carboxylic acids is 2. The highest BCUT2D eigenvalue weighted by molar-refractivity contribution is 7.90. The Morgan fingerprint density at radius 1 is 0.971 bits per heavy atom. The first-order valence-corrected chi connectivity index (χ1v) is 13.0. The number of carbonyl (C=O) groups is 2. The third kappa shape index (κ3) is 5.84. The highest BCUT2D eigenvalue weighted by Gasteiger charge is 2.53. The fourth-order valence-corrected chi connectivity index (χ4v) is 6.83. The van der Waals surface area contributed by atoms with Crippen LogP contribution in [0.4, 0.5) is 13.2 Å². The van der Waals surface area contributed by atoms with Crippen molar-refractivity contribution in [3.8, 4) is 0 Å². The maximum atomic E-state index is 12.4. The van der Waals surface area contributed by atoms with Crippen molar-refractivity contribution in [3.05, 3.63) is 24.8 Å². The molecule has 0 radical (unpaired) electrons. The van der Waals surface area contributed by atoms with Crippen molar-refractivity contribution in [2.45, 2.75) is 76.1 Å². The van der Waals surface area contributed by atoms with E-state index < -0.39 is 39.6 Å². The van der Waals surface area contributed by atoms with Crippen LogP contribution in [0.2, 0.25) is 0 Å². The number of esters is 2. The summed E-state index contributed by atoms with van der Waals surface area (Å²) in [6, 6.07) is -0.849. The summed E-state index contributed by atoms with van der Waals surface area (Å²) in [5, 5.41) is 0. The fourth-order valence-electron chi connectivity index (χ4n) is 6.02. The third-order valence-electron chi connectivity index (χ3n) is 7.49. The molecule has 8 unspecified atom stereocenters. The van der Waals surface area contributed by atoms with Crippen LogP contribution in [0.5, 0.6) is 0 Å². The summed E-state index contributed by atoms with van der Waals surface area (Å²) in [5.41, 5.74) is -5.14. The maximum absolute atomic E-state index is 12.4. The molecule has 0 saturated heterocycles. The van der Waals surface area contributed by atoms with E-state index in [1.165, 1.54) is 25.8 Å². The molecule has 0 spiro atoms. The Bertz CT molecular complexity index is 933. The van der Waals surface area contributed by atoms with Gasteiger partial charge in [0.25, 0.3) is 0 Å². The van der Waals surface area contributed by atoms with Crippen molar-refractivity contribution >= 4 is 22.0 Å². The van der Waals surface area contributed by atoms with E-state index in [1.54, 1.807) is 4.72 Å². The van der Waals surface area contributed by atoms with Gasteiger partial charge in [0, 0.05) is 23.6 Å². The van der Waals surface area contributed by atoms with E-state index in [2.05, 4.69) is 20.1 Å². The van der Waals surface area contributed by atoms with Crippen LogP contribution in [0, 0.1) is 29.6 Å². The molecule has 7 nitrogen and oxygen atoms in total. The topological polar surface area (TPSA) is 98.8 Å². The molecule has 4 aliphatic carbocycles. The average molecular weight is 508 g/mol. The van der Waals surface area contributed by atoms with Gasteiger partial charge in [0.15, 0.2) is 0 Å². The number of halogens is 3. The van der Waals surface area contributed by atoms with Gasteiger partial charge in [0.2, 0.25) is 0 Å². The van der Waals surface area contributed by atoms with E-state index in [0.29, 0.717) is 25.2 Å². The van der Waals surface area contributed by atoms with E-state index >= 15 is 0 Å². The van der Waals surface area contributed by atoms with E-state index in [-0.39, 0.29) is 23.6 Å². The molecule has 192 valence electrons. The molecule has 4 saturated carbocycles. The SMILES string of the molecule is C=C(C)C(=O)OC1CC2CC(NS(=O)(=O)C(F)(F)F)C1C2.C=CC(=O)OC1CC2CC(C)C1C2. The second kappa shape index (κ2) is 10.0. The first kappa shape index (κ1) is 26.7. The predicted octanol–water partition coefficient (Wildman–Crippen LogP) is 3.86. The van der Waals surface area contributed by atoms with Crippen molar-refractivity contribution in [2.24, 2.45) is 29.6 Å². The Labute approximate surface area is 198 Å². The summed E-state index contributed by atoms with van der Waals surface area (Å²) in [6.45, 7) is 10.6. The molecule has 34 heavy (non-hydrogen) atoms. The minimum absolute atomic E-state index is 0.0684. The molecule has 1 N–H and O–H groups in total. The quantitative estimate of drug-likeness (QED) is 0.433. The Morgan fingerprint density at radius 2 is 1.53 bits per heavy atom. The van der Waals surface area contributed by atoms with E-state index in [9.17, 15) is 31.2 Å². The minimum atomic E-state index is -5.38. The first-order chi connectivity index (χ1) is 15.7. The summed E-state index contributed by atoms with van der Waals surface area (Å²) < 4.78 is 71.7. The van der Waals surface area contributed by atoms with Crippen molar-refractivity contribution in [2.75, 3.05) is 0 Å². The van der Waals surface area contributed by atoms with Gasteiger partial charge in [-0.3, -0.25) is 0 Å². The van der Waals surface area contributed by atoms with Crippen LogP contribution in [-0.4, -0.2) is 44.1 Å². The third-order valence-corrected chi connectivity index (χ3v) is 8.71. The van der Waals surface area contributed by atoms with Gasteiger partial charge >= 0.3 is 27.5 Å². The lowest BCUT2D eigenvalue weighted by atomic mass is 9.88. The number of alkyl halides is 3. The van der Waals surface area contributed by atoms with Gasteiger partial charge in [-0.15, -0.1) is 0 Å². The van der Waals surface area contributed by atoms with Crippen LogP contribution in [-0.2, 0) is 29.1 Å². The molecule has 0 aliphatic heterocycles. The monoisotopic (exact) mass is 507 g/mol. The van der Waals surface area contributed by atoms with Crippen LogP contribution in [0.1, 0.15) is 52.4 Å². The average Bonchev–Trinajstić information content (AvgIpc) is 3.47. The number of nitrogens with one attached hydrogen (secondary N) is 1. The molecule has 11 heteroatoms. The lowest BCUT2D eigenvalue weighted by Crippen LogP contribution is -2.48. The summed E-state index contributed by atoms with van der Waals surface area (Å²) in [6.07, 6.45) is 5.98. The Kier molecular flexibility index (Phi) is 7.86. The molecule has 0 amide bonds. The lowest BCUT2D eigenvalue weighted by molar-refractivity contribution is -0.147. The predicted molar refractivity (Wildman–Crippen MR) is 117 cm³/mol. The fraction of sp³-hybridized carbons (Fsp3) is 0.739. The van der Waals surface area contributed by atoms with Gasteiger partial charge in [-0.2, -0.15) is 13.2 Å². The number of hydrogen-bond acceptors (Lipinski definition) is 6. The van der Waals surface area contributed by atoms with Crippen LogP contribution in [0.25, 0.3) is 0 Å². The van der Waals surface area contributed by atoms with E-state index in [0.717, 1.165) is 18.3 Å². The summed E-state index contributed by atoms with van der Waals surface area (Å²) in [5.74, 6) is 0.946. The van der Waals surface area contributed by atoms with Crippen LogP contribution in [0.15, 0.2) is 24.8 Å².